The number of carbonyl (C=O) groups is 1. The topological polar surface area (TPSA) is 81.1 Å². The molecular weight excluding hydrogens is 247 g/mol. The van der Waals surface area contributed by atoms with Gasteiger partial charge in [-0.1, -0.05) is 6.92 Å². The third-order valence-corrected chi connectivity index (χ3v) is 2.44. The number of nitrogens with one attached hydrogen (secondary N) is 1. The van der Waals surface area contributed by atoms with Crippen LogP contribution >= 0.6 is 0 Å². The van der Waals surface area contributed by atoms with Gasteiger partial charge in [0, 0.05) is 12.5 Å². The fraction of sp³-hybridized carbons (Fsp3) is 0.364. The van der Waals surface area contributed by atoms with Crippen molar-refractivity contribution in [2.45, 2.75) is 13.1 Å². The Bertz CT molecular complexity index is 446. The molecule has 5 N–H and O–H groups in total. The maximum atomic E-state index is 12.5. The van der Waals surface area contributed by atoms with Crippen LogP contribution < -0.4 is 16.8 Å². The van der Waals surface area contributed by atoms with Gasteiger partial charge in [0.2, 0.25) is 5.91 Å². The minimum atomic E-state index is -4.48. The fourth-order valence-electron chi connectivity index (χ4n) is 1.20. The lowest BCUT2D eigenvalue weighted by Crippen LogP contribution is -2.27. The second-order valence-electron chi connectivity index (χ2n) is 3.93. The average molecular weight is 261 g/mol. The first-order valence-electron chi connectivity index (χ1n) is 5.23. The Kier molecular flexibility index (Phi) is 4.18. The van der Waals surface area contributed by atoms with E-state index in [4.69, 9.17) is 11.5 Å². The maximum Gasteiger partial charge on any atom is 0.416 e. The molecule has 1 atom stereocenters. The van der Waals surface area contributed by atoms with Gasteiger partial charge in [-0.25, -0.2) is 0 Å². The number of carbonyl (C=O) groups excluding carboxylic acids is 1. The molecule has 4 nitrogen and oxygen atoms in total. The molecular formula is C11H14F3N3O. The van der Waals surface area contributed by atoms with E-state index in [-0.39, 0.29) is 17.9 Å². The molecule has 0 aliphatic rings. The number of benzene rings is 1. The number of hydrogen-bond donors (Lipinski definition) is 3. The number of halogens is 3. The van der Waals surface area contributed by atoms with Crippen molar-refractivity contribution >= 4 is 17.3 Å². The number of nitrogens with two attached hydrogens (primary N) is 2. The van der Waals surface area contributed by atoms with Gasteiger partial charge in [-0.3, -0.25) is 4.79 Å². The molecule has 1 amide bonds. The van der Waals surface area contributed by atoms with Crippen LogP contribution in [-0.4, -0.2) is 12.5 Å². The van der Waals surface area contributed by atoms with Crippen LogP contribution in [0.25, 0.3) is 0 Å². The first-order chi connectivity index (χ1) is 8.25. The predicted octanol–water partition coefficient (Wildman–Crippen LogP) is 1.82. The van der Waals surface area contributed by atoms with E-state index in [9.17, 15) is 18.0 Å². The highest BCUT2D eigenvalue weighted by atomic mass is 19.4. The van der Waals surface area contributed by atoms with Gasteiger partial charge in [0.15, 0.2) is 0 Å². The smallest absolute Gasteiger partial charge is 0.397 e. The summed E-state index contributed by atoms with van der Waals surface area (Å²) in [5, 5.41) is 2.33. The Morgan fingerprint density at radius 3 is 2.56 bits per heavy atom. The van der Waals surface area contributed by atoms with Gasteiger partial charge in [-0.05, 0) is 18.2 Å². The lowest BCUT2D eigenvalue weighted by molar-refractivity contribution is -0.137. The molecule has 0 saturated carbocycles. The number of amides is 1. The fourth-order valence-corrected chi connectivity index (χ4v) is 1.20. The molecule has 1 unspecified atom stereocenters. The molecule has 0 radical (unpaired) electrons. The minimum absolute atomic E-state index is 0.0601. The summed E-state index contributed by atoms with van der Waals surface area (Å²) in [5.74, 6) is -0.970. The van der Waals surface area contributed by atoms with Crippen LogP contribution in [0.5, 0.6) is 0 Å². The molecule has 1 aromatic rings. The summed E-state index contributed by atoms with van der Waals surface area (Å²) >= 11 is 0. The van der Waals surface area contributed by atoms with Crippen molar-refractivity contribution in [3.8, 4) is 0 Å². The second kappa shape index (κ2) is 5.26. The summed E-state index contributed by atoms with van der Waals surface area (Å²) in [6.45, 7) is 1.67. The Morgan fingerprint density at radius 1 is 1.44 bits per heavy atom. The molecule has 1 rings (SSSR count). The zero-order chi connectivity index (χ0) is 13.9. The van der Waals surface area contributed by atoms with Crippen molar-refractivity contribution in [2.75, 3.05) is 17.6 Å². The Hall–Kier alpha value is -1.76. The second-order valence-corrected chi connectivity index (χ2v) is 3.93. The normalized spacial score (nSPS) is 13.2. The third-order valence-electron chi connectivity index (χ3n) is 2.44. The van der Waals surface area contributed by atoms with Crippen LogP contribution in [0.2, 0.25) is 0 Å². The molecule has 0 aromatic heterocycles. The highest BCUT2D eigenvalue weighted by Crippen LogP contribution is 2.33. The molecule has 100 valence electrons. The van der Waals surface area contributed by atoms with E-state index in [1.807, 2.05) is 0 Å². The monoisotopic (exact) mass is 261 g/mol. The summed E-state index contributed by atoms with van der Waals surface area (Å²) in [5.41, 5.74) is 9.94. The SMILES string of the molecule is CC(CN)C(=O)Nc1cc(C(F)(F)F)ccc1N. The van der Waals surface area contributed by atoms with Gasteiger partial charge in [-0.15, -0.1) is 0 Å². The molecule has 0 fully saturated rings. The van der Waals surface area contributed by atoms with Crippen LogP contribution in [-0.2, 0) is 11.0 Å². The Labute approximate surface area is 102 Å². The molecule has 18 heavy (non-hydrogen) atoms. The van der Waals surface area contributed by atoms with Crippen molar-refractivity contribution in [1.29, 1.82) is 0 Å². The maximum absolute atomic E-state index is 12.5. The summed E-state index contributed by atoms with van der Waals surface area (Å²) in [4.78, 5) is 11.5. The number of rotatable bonds is 3. The molecule has 1 aromatic carbocycles. The van der Waals surface area contributed by atoms with Crippen LogP contribution in [0.4, 0.5) is 24.5 Å². The van der Waals surface area contributed by atoms with Crippen molar-refractivity contribution in [1.82, 2.24) is 0 Å². The van der Waals surface area contributed by atoms with E-state index in [0.717, 1.165) is 18.2 Å². The highest BCUT2D eigenvalue weighted by molar-refractivity contribution is 5.95. The number of nitrogen functional groups attached to an aromatic ring is 1. The number of anilines is 2. The molecule has 0 aliphatic heterocycles. The average Bonchev–Trinajstić information content (AvgIpc) is 2.29. The van der Waals surface area contributed by atoms with Gasteiger partial charge in [0.25, 0.3) is 0 Å². The van der Waals surface area contributed by atoms with E-state index in [2.05, 4.69) is 5.32 Å². The van der Waals surface area contributed by atoms with Crippen molar-refractivity contribution in [3.63, 3.8) is 0 Å². The van der Waals surface area contributed by atoms with Gasteiger partial charge >= 0.3 is 6.18 Å². The molecule has 0 aliphatic carbocycles. The van der Waals surface area contributed by atoms with Crippen LogP contribution in [0.3, 0.4) is 0 Å². The zero-order valence-electron chi connectivity index (χ0n) is 9.71. The van der Waals surface area contributed by atoms with Crippen molar-refractivity contribution in [3.05, 3.63) is 23.8 Å². The summed E-state index contributed by atoms with van der Waals surface area (Å²) in [7, 11) is 0. The lowest BCUT2D eigenvalue weighted by Gasteiger charge is -2.14. The quantitative estimate of drug-likeness (QED) is 0.726. The molecule has 0 bridgehead atoms. The summed E-state index contributed by atoms with van der Waals surface area (Å²) in [6, 6.07) is 2.76. The van der Waals surface area contributed by atoms with Gasteiger partial charge in [0.05, 0.1) is 16.9 Å². The van der Waals surface area contributed by atoms with E-state index < -0.39 is 23.6 Å². The first kappa shape index (κ1) is 14.3. The van der Waals surface area contributed by atoms with E-state index in [0.29, 0.717) is 0 Å². The largest absolute Gasteiger partial charge is 0.416 e. The van der Waals surface area contributed by atoms with E-state index >= 15 is 0 Å². The zero-order valence-corrected chi connectivity index (χ0v) is 9.71. The summed E-state index contributed by atoms with van der Waals surface area (Å²) < 4.78 is 37.5. The van der Waals surface area contributed by atoms with Crippen LogP contribution in [0, 0.1) is 5.92 Å². The van der Waals surface area contributed by atoms with Crippen LogP contribution in [0.15, 0.2) is 18.2 Å². The standard InChI is InChI=1S/C11H14F3N3O/c1-6(5-15)10(18)17-9-4-7(11(12,13)14)2-3-8(9)16/h2-4,6H,5,15-16H2,1H3,(H,17,18). The van der Waals surface area contributed by atoms with E-state index in [1.165, 1.54) is 0 Å². The van der Waals surface area contributed by atoms with Gasteiger partial charge in [0.1, 0.15) is 0 Å². The van der Waals surface area contributed by atoms with Crippen LogP contribution in [0.1, 0.15) is 12.5 Å². The predicted molar refractivity (Wildman–Crippen MR) is 62.7 cm³/mol. The first-order valence-corrected chi connectivity index (χ1v) is 5.23. The van der Waals surface area contributed by atoms with Gasteiger partial charge < -0.3 is 16.8 Å². The van der Waals surface area contributed by atoms with Gasteiger partial charge in [-0.2, -0.15) is 13.2 Å². The molecule has 0 spiro atoms. The number of hydrogen-bond acceptors (Lipinski definition) is 3. The van der Waals surface area contributed by atoms with E-state index in [1.54, 1.807) is 6.92 Å². The Morgan fingerprint density at radius 2 is 2.06 bits per heavy atom. The summed E-state index contributed by atoms with van der Waals surface area (Å²) in [6.07, 6.45) is -4.48. The number of alkyl halides is 3. The third kappa shape index (κ3) is 3.36. The van der Waals surface area contributed by atoms with Crippen molar-refractivity contribution < 1.29 is 18.0 Å². The molecule has 7 heteroatoms. The molecule has 0 saturated heterocycles. The van der Waals surface area contributed by atoms with Crippen molar-refractivity contribution in [2.24, 2.45) is 11.7 Å². The minimum Gasteiger partial charge on any atom is -0.397 e. The highest BCUT2D eigenvalue weighted by Gasteiger charge is 2.31. The lowest BCUT2D eigenvalue weighted by atomic mass is 10.1. The Balaban J connectivity index is 2.99. The molecule has 0 heterocycles.